The molecule has 5 heteroatoms. The minimum absolute atomic E-state index is 0.193. The maximum atomic E-state index is 13.1. The topological polar surface area (TPSA) is 12.0 Å². The second kappa shape index (κ2) is 7.03. The van der Waals surface area contributed by atoms with E-state index in [1.54, 1.807) is 17.4 Å². The van der Waals surface area contributed by atoms with Gasteiger partial charge in [0, 0.05) is 15.9 Å². The Morgan fingerprint density at radius 2 is 2.15 bits per heavy atom. The van der Waals surface area contributed by atoms with Crippen LogP contribution in [0, 0.1) is 12.7 Å². The molecule has 0 bridgehead atoms. The first-order valence-electron chi connectivity index (χ1n) is 6.44. The number of nitrogens with one attached hydrogen (secondary N) is 1. The van der Waals surface area contributed by atoms with E-state index in [1.165, 1.54) is 22.6 Å². The second-order valence-corrected chi connectivity index (χ2v) is 7.46. The number of benzene rings is 1. The Bertz CT molecular complexity index is 580. The van der Waals surface area contributed by atoms with Crippen LogP contribution >= 0.6 is 38.9 Å². The summed E-state index contributed by atoms with van der Waals surface area (Å²) in [6.45, 7) is 5.03. The van der Waals surface area contributed by atoms with Crippen molar-refractivity contribution in [3.05, 3.63) is 54.9 Å². The SMILES string of the molecule is CCNC(Cc1ccc(F)cc1Cl)c1cc(C)c(Br)s1. The highest BCUT2D eigenvalue weighted by Gasteiger charge is 2.16. The van der Waals surface area contributed by atoms with Gasteiger partial charge < -0.3 is 5.32 Å². The first-order chi connectivity index (χ1) is 9.51. The lowest BCUT2D eigenvalue weighted by atomic mass is 10.0. The van der Waals surface area contributed by atoms with Gasteiger partial charge >= 0.3 is 0 Å². The molecule has 0 saturated carbocycles. The molecule has 0 aliphatic heterocycles. The molecule has 1 atom stereocenters. The summed E-state index contributed by atoms with van der Waals surface area (Å²) < 4.78 is 14.3. The standard InChI is InChI=1S/C15H16BrClFNS/c1-3-19-13(14-6-9(2)15(16)20-14)7-10-4-5-11(18)8-12(10)17/h4-6,8,13,19H,3,7H2,1-2H3. The quantitative estimate of drug-likeness (QED) is 0.726. The first kappa shape index (κ1) is 16.0. The summed E-state index contributed by atoms with van der Waals surface area (Å²) >= 11 is 11.4. The summed E-state index contributed by atoms with van der Waals surface area (Å²) in [5.41, 5.74) is 2.19. The van der Waals surface area contributed by atoms with Crippen molar-refractivity contribution < 1.29 is 4.39 Å². The third-order valence-corrected chi connectivity index (χ3v) is 5.71. The lowest BCUT2D eigenvalue weighted by Gasteiger charge is -2.17. The molecule has 0 spiro atoms. The van der Waals surface area contributed by atoms with Crippen molar-refractivity contribution in [2.24, 2.45) is 0 Å². The molecular weight excluding hydrogens is 361 g/mol. The predicted octanol–water partition coefficient (Wildman–Crippen LogP) is 5.50. The van der Waals surface area contributed by atoms with Gasteiger partial charge in [0.2, 0.25) is 0 Å². The van der Waals surface area contributed by atoms with E-state index in [1.807, 2.05) is 0 Å². The molecule has 20 heavy (non-hydrogen) atoms. The van der Waals surface area contributed by atoms with Crippen molar-refractivity contribution in [1.82, 2.24) is 5.32 Å². The van der Waals surface area contributed by atoms with Crippen molar-refractivity contribution >= 4 is 38.9 Å². The van der Waals surface area contributed by atoms with Gasteiger partial charge in [0.25, 0.3) is 0 Å². The molecule has 1 N–H and O–H groups in total. The van der Waals surface area contributed by atoms with Gasteiger partial charge in [-0.05, 0) is 65.1 Å². The number of aryl methyl sites for hydroxylation is 1. The smallest absolute Gasteiger partial charge is 0.124 e. The molecule has 1 heterocycles. The van der Waals surface area contributed by atoms with Crippen molar-refractivity contribution in [2.45, 2.75) is 26.3 Å². The van der Waals surface area contributed by atoms with Gasteiger partial charge in [-0.3, -0.25) is 0 Å². The van der Waals surface area contributed by atoms with E-state index in [9.17, 15) is 4.39 Å². The van der Waals surface area contributed by atoms with Crippen LogP contribution < -0.4 is 5.32 Å². The van der Waals surface area contributed by atoms with Crippen LogP contribution in [0.2, 0.25) is 5.02 Å². The molecule has 108 valence electrons. The number of hydrogen-bond donors (Lipinski definition) is 1. The molecular formula is C15H16BrClFNS. The van der Waals surface area contributed by atoms with E-state index in [4.69, 9.17) is 11.6 Å². The number of rotatable bonds is 5. The van der Waals surface area contributed by atoms with E-state index in [0.717, 1.165) is 22.3 Å². The lowest BCUT2D eigenvalue weighted by Crippen LogP contribution is -2.22. The number of halogens is 3. The molecule has 2 aromatic rings. The molecule has 0 amide bonds. The second-order valence-electron chi connectivity index (χ2n) is 4.66. The van der Waals surface area contributed by atoms with Crippen LogP contribution in [-0.2, 0) is 6.42 Å². The summed E-state index contributed by atoms with van der Waals surface area (Å²) in [6, 6.07) is 6.96. The van der Waals surface area contributed by atoms with Crippen LogP contribution in [0.3, 0.4) is 0 Å². The fourth-order valence-corrected chi connectivity index (χ4v) is 3.97. The predicted molar refractivity (Wildman–Crippen MR) is 88.3 cm³/mol. The summed E-state index contributed by atoms with van der Waals surface area (Å²) in [5, 5.41) is 3.95. The zero-order valence-electron chi connectivity index (χ0n) is 11.3. The van der Waals surface area contributed by atoms with Crippen LogP contribution in [0.4, 0.5) is 4.39 Å². The Balaban J connectivity index is 2.25. The van der Waals surface area contributed by atoms with Crippen molar-refractivity contribution in [3.63, 3.8) is 0 Å². The molecule has 2 rings (SSSR count). The number of hydrogen-bond acceptors (Lipinski definition) is 2. The van der Waals surface area contributed by atoms with E-state index >= 15 is 0 Å². The average Bonchev–Trinajstić information content (AvgIpc) is 2.72. The maximum Gasteiger partial charge on any atom is 0.124 e. The first-order valence-corrected chi connectivity index (χ1v) is 8.43. The third-order valence-electron chi connectivity index (χ3n) is 3.11. The molecule has 0 aliphatic carbocycles. The average molecular weight is 377 g/mol. The van der Waals surface area contributed by atoms with Gasteiger partial charge in [-0.25, -0.2) is 4.39 Å². The van der Waals surface area contributed by atoms with Crippen molar-refractivity contribution in [2.75, 3.05) is 6.54 Å². The van der Waals surface area contributed by atoms with Crippen molar-refractivity contribution in [1.29, 1.82) is 0 Å². The molecule has 1 aromatic heterocycles. The highest BCUT2D eigenvalue weighted by Crippen LogP contribution is 2.33. The number of thiophene rings is 1. The Morgan fingerprint density at radius 3 is 2.70 bits per heavy atom. The fourth-order valence-electron chi connectivity index (χ4n) is 2.08. The Kier molecular flexibility index (Phi) is 5.61. The maximum absolute atomic E-state index is 13.1. The monoisotopic (exact) mass is 375 g/mol. The molecule has 1 unspecified atom stereocenters. The van der Waals surface area contributed by atoms with Crippen LogP contribution in [0.15, 0.2) is 28.1 Å². The van der Waals surface area contributed by atoms with E-state index in [-0.39, 0.29) is 11.9 Å². The molecule has 1 aromatic carbocycles. The summed E-state index contributed by atoms with van der Waals surface area (Å²) in [6.07, 6.45) is 0.749. The van der Waals surface area contributed by atoms with Crippen LogP contribution in [0.1, 0.15) is 29.0 Å². The molecule has 0 saturated heterocycles. The molecule has 0 fully saturated rings. The van der Waals surface area contributed by atoms with Gasteiger partial charge in [0.05, 0.1) is 3.79 Å². The Hall–Kier alpha value is -0.420. The minimum Gasteiger partial charge on any atom is -0.309 e. The van der Waals surface area contributed by atoms with E-state index < -0.39 is 0 Å². The van der Waals surface area contributed by atoms with Gasteiger partial charge in [-0.15, -0.1) is 11.3 Å². The normalized spacial score (nSPS) is 12.7. The highest BCUT2D eigenvalue weighted by atomic mass is 79.9. The van der Waals surface area contributed by atoms with Gasteiger partial charge in [-0.2, -0.15) is 0 Å². The van der Waals surface area contributed by atoms with Crippen LogP contribution in [-0.4, -0.2) is 6.54 Å². The summed E-state index contributed by atoms with van der Waals surface area (Å²) in [4.78, 5) is 1.26. The minimum atomic E-state index is -0.298. The fraction of sp³-hybridized carbons (Fsp3) is 0.333. The van der Waals surface area contributed by atoms with Gasteiger partial charge in [0.15, 0.2) is 0 Å². The third kappa shape index (κ3) is 3.82. The van der Waals surface area contributed by atoms with Crippen molar-refractivity contribution in [3.8, 4) is 0 Å². The van der Waals surface area contributed by atoms with Gasteiger partial charge in [-0.1, -0.05) is 24.6 Å². The molecule has 1 nitrogen and oxygen atoms in total. The van der Waals surface area contributed by atoms with E-state index in [2.05, 4.69) is 41.2 Å². The lowest BCUT2D eigenvalue weighted by molar-refractivity contribution is 0.557. The van der Waals surface area contributed by atoms with E-state index in [0.29, 0.717) is 5.02 Å². The van der Waals surface area contributed by atoms with Gasteiger partial charge in [0.1, 0.15) is 5.82 Å². The zero-order chi connectivity index (χ0) is 14.7. The summed E-state index contributed by atoms with van der Waals surface area (Å²) in [5.74, 6) is -0.298. The van der Waals surface area contributed by atoms with Crippen LogP contribution in [0.25, 0.3) is 0 Å². The molecule has 0 radical (unpaired) electrons. The summed E-state index contributed by atoms with van der Waals surface area (Å²) in [7, 11) is 0. The molecule has 0 aliphatic rings. The Labute approximate surface area is 136 Å². The number of likely N-dealkylation sites (N-methyl/N-ethyl adjacent to an activating group) is 1. The van der Waals surface area contributed by atoms with Crippen LogP contribution in [0.5, 0.6) is 0 Å². The Morgan fingerprint density at radius 1 is 1.40 bits per heavy atom. The zero-order valence-corrected chi connectivity index (χ0v) is 14.5. The highest BCUT2D eigenvalue weighted by molar-refractivity contribution is 9.11. The largest absolute Gasteiger partial charge is 0.309 e.